The summed E-state index contributed by atoms with van der Waals surface area (Å²) in [5, 5.41) is 7.97. The summed E-state index contributed by atoms with van der Waals surface area (Å²) in [7, 11) is 0. The Morgan fingerprint density at radius 1 is 1.22 bits per heavy atom. The van der Waals surface area contributed by atoms with Crippen LogP contribution in [0.15, 0.2) is 12.4 Å². The lowest BCUT2D eigenvalue weighted by atomic mass is 9.77. The quantitative estimate of drug-likeness (QED) is 0.683. The third kappa shape index (κ3) is 4.13. The molecule has 0 amide bonds. The average Bonchev–Trinajstić information content (AvgIpc) is 2.85. The molecule has 0 aliphatic rings. The topological polar surface area (TPSA) is 29.9 Å². The van der Waals surface area contributed by atoms with Gasteiger partial charge in [0.1, 0.15) is 0 Å². The van der Waals surface area contributed by atoms with E-state index in [4.69, 9.17) is 0 Å². The van der Waals surface area contributed by atoms with Gasteiger partial charge in [-0.05, 0) is 50.1 Å². The number of hydrogen-bond acceptors (Lipinski definition) is 2. The van der Waals surface area contributed by atoms with E-state index in [-0.39, 0.29) is 0 Å². The van der Waals surface area contributed by atoms with Crippen LogP contribution in [0, 0.1) is 5.41 Å². The Morgan fingerprint density at radius 3 is 2.44 bits per heavy atom. The standard InChI is InChI=1S/C15H29N3/c1-5-9-16-13-15(6-2,7-3)10-14-11-17-18(8-4)12-14/h11-12,16H,5-10,13H2,1-4H3. The number of aryl methyl sites for hydroxylation is 1. The molecule has 0 unspecified atom stereocenters. The zero-order valence-corrected chi connectivity index (χ0v) is 12.5. The van der Waals surface area contributed by atoms with E-state index in [0.717, 1.165) is 26.1 Å². The van der Waals surface area contributed by atoms with Crippen LogP contribution in [0.4, 0.5) is 0 Å². The fraction of sp³-hybridized carbons (Fsp3) is 0.800. The van der Waals surface area contributed by atoms with Gasteiger partial charge >= 0.3 is 0 Å². The Hall–Kier alpha value is -0.830. The predicted octanol–water partition coefficient (Wildman–Crippen LogP) is 3.25. The van der Waals surface area contributed by atoms with Gasteiger partial charge < -0.3 is 5.32 Å². The summed E-state index contributed by atoms with van der Waals surface area (Å²) in [4.78, 5) is 0. The molecular formula is C15H29N3. The maximum Gasteiger partial charge on any atom is 0.0521 e. The molecule has 1 aromatic rings. The van der Waals surface area contributed by atoms with Gasteiger partial charge in [-0.1, -0.05) is 20.8 Å². The van der Waals surface area contributed by atoms with Gasteiger partial charge in [-0.3, -0.25) is 4.68 Å². The van der Waals surface area contributed by atoms with Gasteiger partial charge in [0.25, 0.3) is 0 Å². The lowest BCUT2D eigenvalue weighted by molar-refractivity contribution is 0.247. The van der Waals surface area contributed by atoms with Crippen LogP contribution in [0.1, 0.15) is 52.5 Å². The first-order valence-electron chi connectivity index (χ1n) is 7.41. The van der Waals surface area contributed by atoms with Crippen molar-refractivity contribution in [3.8, 4) is 0 Å². The van der Waals surface area contributed by atoms with E-state index < -0.39 is 0 Å². The molecule has 0 spiro atoms. The van der Waals surface area contributed by atoms with E-state index in [0.29, 0.717) is 5.41 Å². The van der Waals surface area contributed by atoms with E-state index >= 15 is 0 Å². The van der Waals surface area contributed by atoms with Gasteiger partial charge in [-0.15, -0.1) is 0 Å². The molecule has 1 aromatic heterocycles. The monoisotopic (exact) mass is 251 g/mol. The highest BCUT2D eigenvalue weighted by molar-refractivity contribution is 5.08. The lowest BCUT2D eigenvalue weighted by Gasteiger charge is -2.32. The van der Waals surface area contributed by atoms with Crippen molar-refractivity contribution in [3.63, 3.8) is 0 Å². The molecule has 0 saturated carbocycles. The summed E-state index contributed by atoms with van der Waals surface area (Å²) in [5.74, 6) is 0. The minimum absolute atomic E-state index is 0.386. The molecule has 0 aliphatic carbocycles. The number of rotatable bonds is 9. The first-order chi connectivity index (χ1) is 8.69. The van der Waals surface area contributed by atoms with Gasteiger partial charge in [0.05, 0.1) is 6.20 Å². The van der Waals surface area contributed by atoms with Gasteiger partial charge in [0.15, 0.2) is 0 Å². The van der Waals surface area contributed by atoms with E-state index in [1.807, 2.05) is 10.9 Å². The van der Waals surface area contributed by atoms with Gasteiger partial charge in [-0.25, -0.2) is 0 Å². The Bertz CT molecular complexity index is 326. The van der Waals surface area contributed by atoms with Crippen LogP contribution in [-0.2, 0) is 13.0 Å². The second-order valence-electron chi connectivity index (χ2n) is 5.26. The first-order valence-corrected chi connectivity index (χ1v) is 7.41. The smallest absolute Gasteiger partial charge is 0.0521 e. The zero-order valence-electron chi connectivity index (χ0n) is 12.5. The van der Waals surface area contributed by atoms with Crippen LogP contribution in [0.25, 0.3) is 0 Å². The van der Waals surface area contributed by atoms with Crippen LogP contribution in [0.5, 0.6) is 0 Å². The predicted molar refractivity (Wildman–Crippen MR) is 77.8 cm³/mol. The second-order valence-corrected chi connectivity index (χ2v) is 5.26. The lowest BCUT2D eigenvalue weighted by Crippen LogP contribution is -2.35. The first kappa shape index (κ1) is 15.2. The highest BCUT2D eigenvalue weighted by Gasteiger charge is 2.26. The van der Waals surface area contributed by atoms with Gasteiger partial charge in [0, 0.05) is 19.3 Å². The fourth-order valence-electron chi connectivity index (χ4n) is 2.45. The Kier molecular flexibility index (Phi) is 6.41. The number of nitrogens with one attached hydrogen (secondary N) is 1. The normalized spacial score (nSPS) is 12.0. The summed E-state index contributed by atoms with van der Waals surface area (Å²) >= 11 is 0. The van der Waals surface area contributed by atoms with Crippen molar-refractivity contribution >= 4 is 0 Å². The average molecular weight is 251 g/mol. The summed E-state index contributed by atoms with van der Waals surface area (Å²) in [5.41, 5.74) is 1.76. The van der Waals surface area contributed by atoms with Gasteiger partial charge in [-0.2, -0.15) is 5.10 Å². The van der Waals surface area contributed by atoms with Crippen molar-refractivity contribution < 1.29 is 0 Å². The summed E-state index contributed by atoms with van der Waals surface area (Å²) in [6, 6.07) is 0. The second kappa shape index (κ2) is 7.57. The summed E-state index contributed by atoms with van der Waals surface area (Å²) in [6.45, 7) is 12.2. The SMILES string of the molecule is CCCNCC(CC)(CC)Cc1cnn(CC)c1. The number of hydrogen-bond donors (Lipinski definition) is 1. The van der Waals surface area contributed by atoms with E-state index in [2.05, 4.69) is 44.3 Å². The number of aromatic nitrogens is 2. The highest BCUT2D eigenvalue weighted by atomic mass is 15.3. The van der Waals surface area contributed by atoms with Crippen LogP contribution in [-0.4, -0.2) is 22.9 Å². The minimum Gasteiger partial charge on any atom is -0.316 e. The van der Waals surface area contributed by atoms with Gasteiger partial charge in [0.2, 0.25) is 0 Å². The molecule has 0 saturated heterocycles. The largest absolute Gasteiger partial charge is 0.316 e. The Morgan fingerprint density at radius 2 is 1.94 bits per heavy atom. The third-order valence-electron chi connectivity index (χ3n) is 4.02. The molecule has 0 bridgehead atoms. The van der Waals surface area contributed by atoms with Crippen molar-refractivity contribution in [3.05, 3.63) is 18.0 Å². The van der Waals surface area contributed by atoms with E-state index in [9.17, 15) is 0 Å². The van der Waals surface area contributed by atoms with E-state index in [1.165, 1.54) is 24.8 Å². The fourth-order valence-corrected chi connectivity index (χ4v) is 2.45. The molecule has 18 heavy (non-hydrogen) atoms. The molecule has 3 nitrogen and oxygen atoms in total. The van der Waals surface area contributed by atoms with Crippen LogP contribution in [0.3, 0.4) is 0 Å². The molecule has 1 rings (SSSR count). The Labute approximate surface area is 112 Å². The van der Waals surface area contributed by atoms with Crippen molar-refractivity contribution in [1.82, 2.24) is 15.1 Å². The maximum absolute atomic E-state index is 4.38. The van der Waals surface area contributed by atoms with E-state index in [1.54, 1.807) is 0 Å². The molecular weight excluding hydrogens is 222 g/mol. The zero-order chi connectivity index (χ0) is 13.4. The molecule has 0 atom stereocenters. The molecule has 1 N–H and O–H groups in total. The molecule has 104 valence electrons. The third-order valence-corrected chi connectivity index (χ3v) is 4.02. The van der Waals surface area contributed by atoms with Crippen molar-refractivity contribution in [2.75, 3.05) is 13.1 Å². The van der Waals surface area contributed by atoms with Crippen LogP contribution >= 0.6 is 0 Å². The maximum atomic E-state index is 4.38. The van der Waals surface area contributed by atoms with Crippen molar-refractivity contribution in [1.29, 1.82) is 0 Å². The molecule has 1 heterocycles. The number of nitrogens with zero attached hydrogens (tertiary/aromatic N) is 2. The molecule has 0 aromatic carbocycles. The summed E-state index contributed by atoms with van der Waals surface area (Å²) in [6.07, 6.45) is 9.01. The highest BCUT2D eigenvalue weighted by Crippen LogP contribution is 2.30. The van der Waals surface area contributed by atoms with Crippen LogP contribution in [0.2, 0.25) is 0 Å². The summed E-state index contributed by atoms with van der Waals surface area (Å²) < 4.78 is 2.02. The Balaban J connectivity index is 2.65. The van der Waals surface area contributed by atoms with Crippen LogP contribution < -0.4 is 5.32 Å². The molecule has 0 radical (unpaired) electrons. The molecule has 0 aliphatic heterocycles. The van der Waals surface area contributed by atoms with Crippen molar-refractivity contribution in [2.24, 2.45) is 5.41 Å². The molecule has 3 heteroatoms. The van der Waals surface area contributed by atoms with Crippen molar-refractivity contribution in [2.45, 2.75) is 59.9 Å². The minimum atomic E-state index is 0.386. The molecule has 0 fully saturated rings.